The number of nitrogens with one attached hydrogen (secondary N) is 1. The van der Waals surface area contributed by atoms with Crippen molar-refractivity contribution in [2.75, 3.05) is 4.72 Å². The number of hydrogen-bond donors (Lipinski definition) is 1. The summed E-state index contributed by atoms with van der Waals surface area (Å²) in [6.45, 7) is 1.63. The minimum atomic E-state index is -4.11. The van der Waals surface area contributed by atoms with Crippen molar-refractivity contribution < 1.29 is 17.2 Å². The standard InChI is InChI=1S/C13H10BrF2NO2S/c1-8-4-10(15)7-11(5-8)17-20(18,19)13-3-2-9(14)6-12(13)16/h2-7,17H,1H3. The fourth-order valence-corrected chi connectivity index (χ4v) is 3.13. The summed E-state index contributed by atoms with van der Waals surface area (Å²) < 4.78 is 53.6. The van der Waals surface area contributed by atoms with Crippen LogP contribution in [-0.2, 0) is 10.0 Å². The summed E-state index contributed by atoms with van der Waals surface area (Å²) in [6, 6.07) is 7.34. The number of benzene rings is 2. The molecule has 0 saturated carbocycles. The van der Waals surface area contributed by atoms with Crippen LogP contribution < -0.4 is 4.72 Å². The van der Waals surface area contributed by atoms with E-state index in [0.717, 1.165) is 18.2 Å². The van der Waals surface area contributed by atoms with Gasteiger partial charge in [-0.2, -0.15) is 0 Å². The molecule has 0 aliphatic rings. The molecule has 0 saturated heterocycles. The molecule has 0 atom stereocenters. The lowest BCUT2D eigenvalue weighted by molar-refractivity contribution is 0.570. The maximum atomic E-state index is 13.7. The molecular weight excluding hydrogens is 352 g/mol. The molecule has 0 heterocycles. The predicted octanol–water partition coefficient (Wildman–Crippen LogP) is 3.84. The molecule has 0 aliphatic carbocycles. The highest BCUT2D eigenvalue weighted by molar-refractivity contribution is 9.10. The molecule has 0 spiro atoms. The Balaban J connectivity index is 2.40. The SMILES string of the molecule is Cc1cc(F)cc(NS(=O)(=O)c2ccc(Br)cc2F)c1. The minimum absolute atomic E-state index is 0.0461. The van der Waals surface area contributed by atoms with Crippen LogP contribution in [-0.4, -0.2) is 8.42 Å². The average Bonchev–Trinajstić information content (AvgIpc) is 2.25. The normalized spacial score (nSPS) is 11.4. The zero-order valence-electron chi connectivity index (χ0n) is 10.3. The highest BCUT2D eigenvalue weighted by atomic mass is 79.9. The van der Waals surface area contributed by atoms with Crippen molar-refractivity contribution in [3.63, 3.8) is 0 Å². The van der Waals surface area contributed by atoms with Crippen LogP contribution in [0.2, 0.25) is 0 Å². The average molecular weight is 362 g/mol. The third-order valence-corrected chi connectivity index (χ3v) is 4.39. The minimum Gasteiger partial charge on any atom is -0.279 e. The van der Waals surface area contributed by atoms with Crippen molar-refractivity contribution in [2.45, 2.75) is 11.8 Å². The number of hydrogen-bond acceptors (Lipinski definition) is 2. The molecule has 7 heteroatoms. The zero-order valence-corrected chi connectivity index (χ0v) is 12.7. The summed E-state index contributed by atoms with van der Waals surface area (Å²) in [7, 11) is -4.11. The Bertz CT molecular complexity index is 743. The first-order chi connectivity index (χ1) is 9.28. The van der Waals surface area contributed by atoms with E-state index in [1.165, 1.54) is 18.2 Å². The number of sulfonamides is 1. The highest BCUT2D eigenvalue weighted by Crippen LogP contribution is 2.23. The van der Waals surface area contributed by atoms with Gasteiger partial charge in [-0.05, 0) is 48.9 Å². The first-order valence-corrected chi connectivity index (χ1v) is 7.80. The summed E-state index contributed by atoms with van der Waals surface area (Å²) in [5, 5.41) is 0. The van der Waals surface area contributed by atoms with Gasteiger partial charge in [0.25, 0.3) is 10.0 Å². The summed E-state index contributed by atoms with van der Waals surface area (Å²) in [5.74, 6) is -1.46. The predicted molar refractivity (Wildman–Crippen MR) is 76.0 cm³/mol. The molecule has 0 aromatic heterocycles. The first kappa shape index (κ1) is 14.9. The van der Waals surface area contributed by atoms with Gasteiger partial charge in [-0.15, -0.1) is 0 Å². The molecule has 3 nitrogen and oxygen atoms in total. The van der Waals surface area contributed by atoms with Crippen molar-refractivity contribution >= 4 is 31.6 Å². The fraction of sp³-hybridized carbons (Fsp3) is 0.0769. The summed E-state index contributed by atoms with van der Waals surface area (Å²) >= 11 is 3.04. The Morgan fingerprint density at radius 2 is 1.80 bits per heavy atom. The van der Waals surface area contributed by atoms with Gasteiger partial charge < -0.3 is 0 Å². The van der Waals surface area contributed by atoms with Crippen molar-refractivity contribution in [3.05, 3.63) is 58.1 Å². The molecule has 2 aromatic rings. The van der Waals surface area contributed by atoms with E-state index in [1.807, 2.05) is 0 Å². The number of halogens is 3. The van der Waals surface area contributed by atoms with Crippen molar-refractivity contribution in [3.8, 4) is 0 Å². The second kappa shape index (κ2) is 5.49. The van der Waals surface area contributed by atoms with Crippen molar-refractivity contribution in [1.82, 2.24) is 0 Å². The van der Waals surface area contributed by atoms with Gasteiger partial charge in [0.1, 0.15) is 16.5 Å². The highest BCUT2D eigenvalue weighted by Gasteiger charge is 2.19. The molecule has 0 unspecified atom stereocenters. The Kier molecular flexibility index (Phi) is 4.10. The largest absolute Gasteiger partial charge is 0.279 e. The summed E-state index contributed by atoms with van der Waals surface area (Å²) in [4.78, 5) is -0.498. The van der Waals surface area contributed by atoms with E-state index < -0.39 is 26.6 Å². The van der Waals surface area contributed by atoms with E-state index in [1.54, 1.807) is 6.92 Å². The summed E-state index contributed by atoms with van der Waals surface area (Å²) in [6.07, 6.45) is 0. The second-order valence-corrected chi connectivity index (χ2v) is 6.76. The van der Waals surface area contributed by atoms with Crippen LogP contribution in [0.25, 0.3) is 0 Å². The van der Waals surface area contributed by atoms with E-state index in [4.69, 9.17) is 0 Å². The van der Waals surface area contributed by atoms with Crippen LogP contribution in [0.3, 0.4) is 0 Å². The van der Waals surface area contributed by atoms with Crippen LogP contribution in [0.5, 0.6) is 0 Å². The maximum Gasteiger partial charge on any atom is 0.264 e. The van der Waals surface area contributed by atoms with Crippen LogP contribution in [0.1, 0.15) is 5.56 Å². The lowest BCUT2D eigenvalue weighted by Gasteiger charge is -2.10. The lowest BCUT2D eigenvalue weighted by atomic mass is 10.2. The number of aryl methyl sites for hydroxylation is 1. The van der Waals surface area contributed by atoms with Gasteiger partial charge in [0, 0.05) is 4.47 Å². The van der Waals surface area contributed by atoms with Gasteiger partial charge in [0.05, 0.1) is 5.69 Å². The van der Waals surface area contributed by atoms with Crippen LogP contribution in [0.4, 0.5) is 14.5 Å². The molecule has 0 radical (unpaired) electrons. The van der Waals surface area contributed by atoms with Crippen molar-refractivity contribution in [1.29, 1.82) is 0 Å². The van der Waals surface area contributed by atoms with E-state index >= 15 is 0 Å². The van der Waals surface area contributed by atoms with E-state index in [2.05, 4.69) is 20.7 Å². The Labute approximate surface area is 123 Å². The van der Waals surface area contributed by atoms with Gasteiger partial charge in [-0.3, -0.25) is 4.72 Å². The molecular formula is C13H10BrF2NO2S. The monoisotopic (exact) mass is 361 g/mol. The lowest BCUT2D eigenvalue weighted by Crippen LogP contribution is -2.14. The molecule has 20 heavy (non-hydrogen) atoms. The number of rotatable bonds is 3. The molecule has 1 N–H and O–H groups in total. The molecule has 0 fully saturated rings. The van der Waals surface area contributed by atoms with Crippen LogP contribution >= 0.6 is 15.9 Å². The third kappa shape index (κ3) is 3.34. The van der Waals surface area contributed by atoms with Gasteiger partial charge in [0.15, 0.2) is 0 Å². The Morgan fingerprint density at radius 1 is 1.10 bits per heavy atom. The molecule has 2 aromatic carbocycles. The maximum absolute atomic E-state index is 13.7. The molecule has 0 aliphatic heterocycles. The fourth-order valence-electron chi connectivity index (χ4n) is 1.70. The van der Waals surface area contributed by atoms with Crippen molar-refractivity contribution in [2.24, 2.45) is 0 Å². The third-order valence-electron chi connectivity index (χ3n) is 2.48. The topological polar surface area (TPSA) is 46.2 Å². The molecule has 2 rings (SSSR count). The van der Waals surface area contributed by atoms with E-state index in [0.29, 0.717) is 10.0 Å². The number of anilines is 1. The first-order valence-electron chi connectivity index (χ1n) is 5.53. The Hall–Kier alpha value is -1.47. The smallest absolute Gasteiger partial charge is 0.264 e. The van der Waals surface area contributed by atoms with Gasteiger partial charge in [-0.25, -0.2) is 17.2 Å². The quantitative estimate of drug-likeness (QED) is 0.902. The second-order valence-electron chi connectivity index (χ2n) is 4.20. The Morgan fingerprint density at radius 3 is 2.40 bits per heavy atom. The van der Waals surface area contributed by atoms with Gasteiger partial charge in [0.2, 0.25) is 0 Å². The van der Waals surface area contributed by atoms with Crippen LogP contribution in [0, 0.1) is 18.6 Å². The van der Waals surface area contributed by atoms with E-state index in [-0.39, 0.29) is 5.69 Å². The van der Waals surface area contributed by atoms with E-state index in [9.17, 15) is 17.2 Å². The molecule has 0 bridgehead atoms. The summed E-state index contributed by atoms with van der Waals surface area (Å²) in [5.41, 5.74) is 0.601. The van der Waals surface area contributed by atoms with Gasteiger partial charge in [-0.1, -0.05) is 15.9 Å². The molecule has 0 amide bonds. The zero-order chi connectivity index (χ0) is 14.9. The van der Waals surface area contributed by atoms with Crippen LogP contribution in [0.15, 0.2) is 45.8 Å². The van der Waals surface area contributed by atoms with Gasteiger partial charge >= 0.3 is 0 Å². The molecule has 106 valence electrons.